The van der Waals surface area contributed by atoms with E-state index >= 15 is 0 Å². The zero-order valence-corrected chi connectivity index (χ0v) is 88.3. The summed E-state index contributed by atoms with van der Waals surface area (Å²) in [6, 6.07) is 0. The second-order valence-corrected chi connectivity index (χ2v) is 54.6. The molecule has 1 unspecified atom stereocenters. The molecule has 0 bridgehead atoms. The van der Waals surface area contributed by atoms with E-state index in [0.717, 1.165) is 64.4 Å². The summed E-state index contributed by atoms with van der Waals surface area (Å²) in [5.41, 5.74) is -0.209. The van der Waals surface area contributed by atoms with Crippen molar-refractivity contribution in [1.29, 1.82) is 0 Å². The minimum atomic E-state index is -2.85. The Balaban J connectivity index is 0. The number of hydrogen-bond donors (Lipinski definition) is 7. The molecule has 10 fully saturated rings. The third kappa shape index (κ3) is 46.1. The molecule has 0 aromatic rings. The molecular weight excluding hydrogens is 1650 g/mol. The van der Waals surface area contributed by atoms with Gasteiger partial charge in [0, 0.05) is 32.5 Å². The topological polar surface area (TPSA) is 287 Å². The predicted molar refractivity (Wildman–Crippen MR) is 509 cm³/mol. The standard InChI is InChI=1S/C9H16F2O.C9H18O2S.2C9H18O.C8H14F2.2C8H16O2S.C8H16O2.C8H16O.2C8H18O.C7H14O2S/c1-6(2)7-4-3-5-9(10,11)8(7)12;1-8(2)9(3)4-6-12(10,11)7-5-9;2*1-7(2)8-5-3-4-6-9(8)10;1-6(2)7(3)4-8(9,10)5-7;2*1-7(2)8(3)4-5-11(9,10)6-8;1-6(2)7-3-4-10-5-8(7)9;1-6(2)7-4-3-5-8(7)9;1-6(2)7(3)8(4,5)9;1-6(2)8(5-9)7(3)4;1-6(2)7(3)4-10(8,9)5-7/h6-8,12H,3-5H2,1-2H3;8H,4-7H2,1-3H3;2*7-10H,3-6H2,1-2H3;6H,4-5H2,1-3H3;2*7H,4-6H2,1-3H3;6-9H,3-5H2,1-2H3;6-9H,3-5H2,1-2H3;6-7,9H,1-5H3;6-9H,5H2,1-4H3;6H,4-5H2,1-3H3/t7-,8-;;2*8-,9+;;2*8-;2*7-,8+;;;/m1.10.1011.../s1. The van der Waals surface area contributed by atoms with Crippen LogP contribution >= 0.6 is 0 Å². The Bertz CT molecular complexity index is 3140. The van der Waals surface area contributed by atoms with E-state index in [9.17, 15) is 81.9 Å². The quantitative estimate of drug-likeness (QED) is 0.0750. The van der Waals surface area contributed by atoms with E-state index < -0.39 is 62.9 Å². The highest BCUT2D eigenvalue weighted by Crippen LogP contribution is 2.56. The molecule has 0 amide bonds. The Morgan fingerprint density at radius 1 is 0.350 bits per heavy atom. The molecule has 5 saturated carbocycles. The number of aliphatic hydroxyl groups is 7. The molecule has 10 aliphatic rings. The van der Waals surface area contributed by atoms with Gasteiger partial charge in [-0.25, -0.2) is 51.2 Å². The van der Waals surface area contributed by atoms with Gasteiger partial charge >= 0.3 is 0 Å². The van der Waals surface area contributed by atoms with Gasteiger partial charge in [-0.3, -0.25) is 0 Å². The summed E-state index contributed by atoms with van der Waals surface area (Å²) in [7, 11) is -10.7. The van der Waals surface area contributed by atoms with E-state index in [1.54, 1.807) is 0 Å². The van der Waals surface area contributed by atoms with Crippen molar-refractivity contribution in [2.75, 3.05) is 65.8 Å². The van der Waals surface area contributed by atoms with Gasteiger partial charge in [0.15, 0.2) is 29.5 Å². The summed E-state index contributed by atoms with van der Waals surface area (Å²) >= 11 is 0. The van der Waals surface area contributed by atoms with Gasteiger partial charge in [0.1, 0.15) is 15.9 Å². The van der Waals surface area contributed by atoms with Gasteiger partial charge in [0.25, 0.3) is 5.92 Å². The highest BCUT2D eigenvalue weighted by Gasteiger charge is 2.55. The number of aliphatic hydroxyl groups excluding tert-OH is 6. The van der Waals surface area contributed by atoms with Crippen molar-refractivity contribution >= 4 is 39.3 Å². The van der Waals surface area contributed by atoms with E-state index in [-0.39, 0.29) is 82.6 Å². The predicted octanol–water partition coefficient (Wildman–Crippen LogP) is 22.6. The highest BCUT2D eigenvalue weighted by atomic mass is 32.2. The molecule has 5 saturated heterocycles. The fourth-order valence-electron chi connectivity index (χ4n) is 18.4. The van der Waals surface area contributed by atoms with Gasteiger partial charge in [-0.15, -0.1) is 0 Å². The summed E-state index contributed by atoms with van der Waals surface area (Å²) < 4.78 is 144. The normalized spacial score (nSPS) is 30.4. The molecule has 7 N–H and O–H groups in total. The summed E-state index contributed by atoms with van der Waals surface area (Å²) in [5, 5.41) is 65.5. The van der Waals surface area contributed by atoms with Gasteiger partial charge in [-0.1, -0.05) is 254 Å². The Kier molecular flexibility index (Phi) is 55.1. The summed E-state index contributed by atoms with van der Waals surface area (Å²) in [6.07, 6.45) is 17.1. The van der Waals surface area contributed by atoms with Gasteiger partial charge in [0.05, 0.1) is 82.6 Å². The lowest BCUT2D eigenvalue weighted by molar-refractivity contribution is -0.170. The Morgan fingerprint density at radius 3 is 0.829 bits per heavy atom. The Morgan fingerprint density at radius 2 is 0.642 bits per heavy atom. The van der Waals surface area contributed by atoms with Crippen LogP contribution in [0.25, 0.3) is 0 Å². The molecular formula is C99H198F4O16S4. The maximum Gasteiger partial charge on any atom is 0.273 e. The molecule has 5 aliphatic carbocycles. The van der Waals surface area contributed by atoms with E-state index in [0.29, 0.717) is 172 Å². The zero-order valence-electron chi connectivity index (χ0n) is 85.0. The van der Waals surface area contributed by atoms with Gasteiger partial charge in [-0.2, -0.15) is 0 Å². The largest absolute Gasteiger partial charge is 0.396 e. The van der Waals surface area contributed by atoms with Gasteiger partial charge < -0.3 is 40.5 Å². The number of halogens is 4. The lowest BCUT2D eigenvalue weighted by atomic mass is 9.61. The average Bonchev–Trinajstić information content (AvgIpc) is 1.63. The number of sulfone groups is 4. The fraction of sp³-hybridized carbons (Fsp3) is 1.00. The molecule has 0 radical (unpaired) electrons. The first kappa shape index (κ1) is 124. The van der Waals surface area contributed by atoms with Crippen LogP contribution in [-0.2, 0) is 44.1 Å². The third-order valence-electron chi connectivity index (χ3n) is 31.1. The van der Waals surface area contributed by atoms with Crippen molar-refractivity contribution in [3.63, 3.8) is 0 Å². The second-order valence-electron chi connectivity index (χ2n) is 45.9. The summed E-state index contributed by atoms with van der Waals surface area (Å²) in [5.74, 6) is 7.60. The smallest absolute Gasteiger partial charge is 0.273 e. The van der Waals surface area contributed by atoms with E-state index in [4.69, 9.17) is 9.84 Å². The molecule has 13 atom stereocenters. The van der Waals surface area contributed by atoms with Crippen LogP contribution in [0.3, 0.4) is 0 Å². The molecule has 5 aliphatic heterocycles. The number of rotatable bonds is 15. The number of ether oxygens (including phenoxy) is 1. The van der Waals surface area contributed by atoms with Crippen molar-refractivity contribution in [2.45, 2.75) is 418 Å². The molecule has 0 spiro atoms. The van der Waals surface area contributed by atoms with Crippen LogP contribution in [0.4, 0.5) is 17.6 Å². The van der Waals surface area contributed by atoms with E-state index in [2.05, 4.69) is 180 Å². The molecule has 16 nitrogen and oxygen atoms in total. The summed E-state index contributed by atoms with van der Waals surface area (Å²) in [4.78, 5) is 0. The van der Waals surface area contributed by atoms with Crippen LogP contribution in [0.15, 0.2) is 0 Å². The maximum atomic E-state index is 13.0. The van der Waals surface area contributed by atoms with Crippen LogP contribution in [0, 0.1) is 145 Å². The van der Waals surface area contributed by atoms with Crippen molar-refractivity contribution in [3.8, 4) is 0 Å². The van der Waals surface area contributed by atoms with Crippen LogP contribution < -0.4 is 0 Å². The molecule has 742 valence electrons. The Hall–Kier alpha value is -0.800. The maximum absolute atomic E-state index is 13.0. The molecule has 123 heavy (non-hydrogen) atoms. The first-order valence-corrected chi connectivity index (χ1v) is 55.7. The van der Waals surface area contributed by atoms with Crippen molar-refractivity contribution in [2.24, 2.45) is 145 Å². The zero-order chi connectivity index (χ0) is 96.8. The lowest BCUT2D eigenvalue weighted by Gasteiger charge is -2.47. The van der Waals surface area contributed by atoms with Crippen LogP contribution in [0.5, 0.6) is 0 Å². The third-order valence-corrected chi connectivity index (χ3v) is 38.8. The molecule has 24 heteroatoms. The minimum absolute atomic E-state index is 0.00463. The Labute approximate surface area is 755 Å². The highest BCUT2D eigenvalue weighted by molar-refractivity contribution is 7.93. The summed E-state index contributed by atoms with van der Waals surface area (Å²) in [6.45, 7) is 72.9. The lowest BCUT2D eigenvalue weighted by Crippen LogP contribution is -2.49. The van der Waals surface area contributed by atoms with Crippen molar-refractivity contribution in [1.82, 2.24) is 0 Å². The first-order chi connectivity index (χ1) is 55.5. The fourth-order valence-corrected chi connectivity index (χ4v) is 27.6. The molecule has 0 aromatic carbocycles. The minimum Gasteiger partial charge on any atom is -0.396 e. The number of alkyl halides is 4. The molecule has 5 heterocycles. The second kappa shape index (κ2) is 54.5. The van der Waals surface area contributed by atoms with Crippen molar-refractivity contribution in [3.05, 3.63) is 0 Å². The first-order valence-electron chi connectivity index (χ1n) is 48.4. The van der Waals surface area contributed by atoms with Gasteiger partial charge in [-0.05, 0) is 243 Å². The van der Waals surface area contributed by atoms with Crippen LogP contribution in [0.1, 0.15) is 370 Å². The van der Waals surface area contributed by atoms with Crippen LogP contribution in [-0.4, -0.2) is 183 Å². The van der Waals surface area contributed by atoms with E-state index in [1.165, 1.54) is 51.4 Å². The monoisotopic (exact) mass is 1850 g/mol. The van der Waals surface area contributed by atoms with Gasteiger partial charge in [0.2, 0.25) is 5.92 Å². The average molecular weight is 1850 g/mol. The van der Waals surface area contributed by atoms with Crippen LogP contribution in [0.2, 0.25) is 0 Å². The van der Waals surface area contributed by atoms with Crippen molar-refractivity contribution < 1.29 is 91.7 Å². The number of hydrogen-bond acceptors (Lipinski definition) is 16. The SMILES string of the molecule is CC(C)C(C)C(C)(C)O.CC(C)C(CO)C(C)C.CC(C)C1(C)CC(F)(F)C1.CC(C)C1(C)CCS(=O)(=O)CC1.CC(C)C1(C)CS(=O)(=O)C1.CC(C)[C@@H]1CCCC[C@H]1O.CC(C)[C@@]1(C)CCS(=O)(=O)C1.CC(C)[C@H]1CCCC(F)(F)[C@@H]1O.CC(C)[C@H]1CCCC[C@@H]1O.CC(C)[C@H]1CCC[C@@H]1O.CC(C)[C@H]1CCOC[C@@H]1O.CC(C)[C@]1(C)CCS(=O)(=O)C1. The molecule has 10 rings (SSSR count). The molecule has 0 aromatic heterocycles. The van der Waals surface area contributed by atoms with E-state index in [1.807, 2.05) is 55.4 Å².